The highest BCUT2D eigenvalue weighted by atomic mass is 32.2. The molecular weight excluding hydrogens is 248 g/mol. The van der Waals surface area contributed by atoms with Crippen LogP contribution < -0.4 is 5.32 Å². The second kappa shape index (κ2) is 10.1. The maximum atomic E-state index is 8.43. The Bertz CT molecular complexity index is 226. The summed E-state index contributed by atoms with van der Waals surface area (Å²) in [6.07, 6.45) is 6.73. The van der Waals surface area contributed by atoms with Crippen molar-refractivity contribution < 1.29 is 0 Å². The number of thioether (sulfide) groups is 2. The smallest absolute Gasteiger partial charge is 0.0808 e. The van der Waals surface area contributed by atoms with Crippen molar-refractivity contribution in [1.29, 1.82) is 5.26 Å². The van der Waals surface area contributed by atoms with Gasteiger partial charge in [0.1, 0.15) is 0 Å². The molecule has 0 spiro atoms. The number of rotatable bonds is 8. The van der Waals surface area contributed by atoms with Crippen LogP contribution in [0.5, 0.6) is 0 Å². The van der Waals surface area contributed by atoms with Gasteiger partial charge in [-0.15, -0.1) is 11.8 Å². The summed E-state index contributed by atoms with van der Waals surface area (Å²) in [5.74, 6) is 2.98. The van der Waals surface area contributed by atoms with Crippen LogP contribution in [0.3, 0.4) is 0 Å². The van der Waals surface area contributed by atoms with E-state index in [2.05, 4.69) is 30.1 Å². The van der Waals surface area contributed by atoms with E-state index in [0.29, 0.717) is 5.75 Å². The topological polar surface area (TPSA) is 35.8 Å². The minimum atomic E-state index is 0.637. The van der Waals surface area contributed by atoms with Gasteiger partial charge in [-0.3, -0.25) is 0 Å². The minimum absolute atomic E-state index is 0.637. The number of nitrogens with zero attached hydrogens (tertiary/aromatic N) is 1. The molecule has 4 heteroatoms. The number of nitrogens with one attached hydrogen (secondary N) is 1. The SMILES string of the molecule is CCSC1CCCCC1NCCCSCC#N. The van der Waals surface area contributed by atoms with Gasteiger partial charge < -0.3 is 5.32 Å². The summed E-state index contributed by atoms with van der Waals surface area (Å²) in [4.78, 5) is 0. The maximum Gasteiger partial charge on any atom is 0.0808 e. The molecule has 98 valence electrons. The van der Waals surface area contributed by atoms with Gasteiger partial charge in [-0.2, -0.15) is 17.0 Å². The van der Waals surface area contributed by atoms with Crippen LogP contribution >= 0.6 is 23.5 Å². The summed E-state index contributed by atoms with van der Waals surface area (Å²) in [5, 5.41) is 13.0. The molecule has 0 aromatic heterocycles. The molecule has 0 aromatic rings. The molecule has 2 atom stereocenters. The summed E-state index contributed by atoms with van der Waals surface area (Å²) in [5.41, 5.74) is 0. The summed E-state index contributed by atoms with van der Waals surface area (Å²) in [6.45, 7) is 3.37. The Labute approximate surface area is 114 Å². The lowest BCUT2D eigenvalue weighted by molar-refractivity contribution is 0.385. The molecule has 0 heterocycles. The Morgan fingerprint density at radius 2 is 2.18 bits per heavy atom. The fraction of sp³-hybridized carbons (Fsp3) is 0.923. The molecule has 1 rings (SSSR count). The van der Waals surface area contributed by atoms with Crippen LogP contribution in [-0.4, -0.2) is 35.1 Å². The summed E-state index contributed by atoms with van der Waals surface area (Å²) in [6, 6.07) is 2.90. The Morgan fingerprint density at radius 3 is 2.94 bits per heavy atom. The van der Waals surface area contributed by atoms with Gasteiger partial charge in [-0.1, -0.05) is 19.8 Å². The molecule has 1 N–H and O–H groups in total. The molecule has 2 nitrogen and oxygen atoms in total. The van der Waals surface area contributed by atoms with E-state index in [9.17, 15) is 0 Å². The Balaban J connectivity index is 2.09. The molecule has 1 fully saturated rings. The lowest BCUT2D eigenvalue weighted by atomic mass is 9.95. The predicted molar refractivity (Wildman–Crippen MR) is 79.7 cm³/mol. The van der Waals surface area contributed by atoms with Crippen molar-refractivity contribution in [3.63, 3.8) is 0 Å². The molecule has 0 bridgehead atoms. The van der Waals surface area contributed by atoms with Gasteiger partial charge in [0.05, 0.1) is 11.8 Å². The Morgan fingerprint density at radius 1 is 1.35 bits per heavy atom. The minimum Gasteiger partial charge on any atom is -0.313 e. The number of hydrogen-bond donors (Lipinski definition) is 1. The molecule has 0 radical (unpaired) electrons. The van der Waals surface area contributed by atoms with Crippen molar-refractivity contribution in [2.75, 3.05) is 23.8 Å². The van der Waals surface area contributed by atoms with Gasteiger partial charge in [-0.25, -0.2) is 0 Å². The predicted octanol–water partition coefficient (Wildman–Crippen LogP) is 3.29. The maximum absolute atomic E-state index is 8.43. The highest BCUT2D eigenvalue weighted by Crippen LogP contribution is 2.28. The molecular formula is C13H24N2S2. The molecule has 0 amide bonds. The molecule has 0 aromatic carbocycles. The largest absolute Gasteiger partial charge is 0.313 e. The van der Waals surface area contributed by atoms with Crippen LogP contribution in [-0.2, 0) is 0 Å². The first-order valence-electron chi connectivity index (χ1n) is 6.68. The lowest BCUT2D eigenvalue weighted by Gasteiger charge is -2.31. The Hall–Kier alpha value is 0.150. The molecule has 2 unspecified atom stereocenters. The standard InChI is InChI=1S/C13H24N2S2/c1-2-17-13-7-4-3-6-12(13)15-9-5-10-16-11-8-14/h12-13,15H,2-7,9-11H2,1H3. The highest BCUT2D eigenvalue weighted by molar-refractivity contribution is 8.00. The molecule has 17 heavy (non-hydrogen) atoms. The van der Waals surface area contributed by atoms with E-state index in [1.807, 2.05) is 0 Å². The van der Waals surface area contributed by atoms with Crippen LogP contribution in [0.15, 0.2) is 0 Å². The fourth-order valence-corrected chi connectivity index (χ4v) is 4.13. The average molecular weight is 272 g/mol. The van der Waals surface area contributed by atoms with Crippen molar-refractivity contribution in [2.24, 2.45) is 0 Å². The van der Waals surface area contributed by atoms with E-state index in [0.717, 1.165) is 23.6 Å². The molecule has 1 saturated carbocycles. The van der Waals surface area contributed by atoms with Gasteiger partial charge in [0.25, 0.3) is 0 Å². The van der Waals surface area contributed by atoms with Crippen molar-refractivity contribution in [2.45, 2.75) is 50.3 Å². The number of hydrogen-bond acceptors (Lipinski definition) is 4. The molecule has 0 aliphatic heterocycles. The summed E-state index contributed by atoms with van der Waals surface area (Å²) < 4.78 is 0. The lowest BCUT2D eigenvalue weighted by Crippen LogP contribution is -2.41. The molecule has 1 aliphatic rings. The first kappa shape index (κ1) is 15.2. The molecule has 0 saturated heterocycles. The van der Waals surface area contributed by atoms with Gasteiger partial charge in [-0.05, 0) is 37.3 Å². The van der Waals surface area contributed by atoms with Crippen molar-refractivity contribution >= 4 is 23.5 Å². The van der Waals surface area contributed by atoms with Gasteiger partial charge in [0.15, 0.2) is 0 Å². The van der Waals surface area contributed by atoms with Crippen LogP contribution in [0.2, 0.25) is 0 Å². The zero-order chi connectivity index (χ0) is 12.3. The van der Waals surface area contributed by atoms with Crippen molar-refractivity contribution in [3.05, 3.63) is 0 Å². The third-order valence-corrected chi connectivity index (χ3v) is 5.36. The van der Waals surface area contributed by atoms with Crippen LogP contribution in [0.25, 0.3) is 0 Å². The van der Waals surface area contributed by atoms with Crippen LogP contribution in [0.4, 0.5) is 0 Å². The summed E-state index contributed by atoms with van der Waals surface area (Å²) in [7, 11) is 0. The van der Waals surface area contributed by atoms with E-state index in [1.165, 1.54) is 37.9 Å². The molecule has 1 aliphatic carbocycles. The van der Waals surface area contributed by atoms with Crippen LogP contribution in [0.1, 0.15) is 39.0 Å². The van der Waals surface area contributed by atoms with E-state index < -0.39 is 0 Å². The quantitative estimate of drug-likeness (QED) is 0.688. The van der Waals surface area contributed by atoms with E-state index in [-0.39, 0.29) is 0 Å². The van der Waals surface area contributed by atoms with Crippen molar-refractivity contribution in [3.8, 4) is 6.07 Å². The van der Waals surface area contributed by atoms with E-state index in [4.69, 9.17) is 5.26 Å². The normalized spacial score (nSPS) is 24.5. The number of nitriles is 1. The fourth-order valence-electron chi connectivity index (χ4n) is 2.32. The average Bonchev–Trinajstić information content (AvgIpc) is 2.36. The van der Waals surface area contributed by atoms with Crippen LogP contribution in [0, 0.1) is 11.3 Å². The monoisotopic (exact) mass is 272 g/mol. The summed E-state index contributed by atoms with van der Waals surface area (Å²) >= 11 is 3.87. The zero-order valence-corrected chi connectivity index (χ0v) is 12.4. The van der Waals surface area contributed by atoms with Gasteiger partial charge in [0, 0.05) is 11.3 Å². The first-order valence-corrected chi connectivity index (χ1v) is 8.88. The second-order valence-corrected chi connectivity index (χ2v) is 7.02. The Kier molecular flexibility index (Phi) is 9.04. The zero-order valence-electron chi connectivity index (χ0n) is 10.8. The highest BCUT2D eigenvalue weighted by Gasteiger charge is 2.23. The first-order chi connectivity index (χ1) is 8.38. The van der Waals surface area contributed by atoms with Gasteiger partial charge in [0.2, 0.25) is 0 Å². The second-order valence-electron chi connectivity index (χ2n) is 4.40. The third kappa shape index (κ3) is 6.59. The van der Waals surface area contributed by atoms with E-state index in [1.54, 1.807) is 11.8 Å². The van der Waals surface area contributed by atoms with E-state index >= 15 is 0 Å². The van der Waals surface area contributed by atoms with Crippen molar-refractivity contribution in [1.82, 2.24) is 5.32 Å². The van der Waals surface area contributed by atoms with Gasteiger partial charge >= 0.3 is 0 Å². The third-order valence-electron chi connectivity index (χ3n) is 3.12.